The standard InChI is InChI=1S/C15H25N3/c1-17-7-3-4-15(17)11-16-10-12-8-13-5-6-14(9-12)18(13)2/h3-4,7,12-14,16H,5-6,8-11H2,1-2H3. The van der Waals surface area contributed by atoms with Crippen LogP contribution in [0.25, 0.3) is 0 Å². The van der Waals surface area contributed by atoms with Crippen molar-refractivity contribution in [2.24, 2.45) is 13.0 Å². The van der Waals surface area contributed by atoms with Crippen molar-refractivity contribution in [3.8, 4) is 0 Å². The summed E-state index contributed by atoms with van der Waals surface area (Å²) in [6.45, 7) is 2.19. The Morgan fingerprint density at radius 1 is 1.22 bits per heavy atom. The van der Waals surface area contributed by atoms with Crippen LogP contribution >= 0.6 is 0 Å². The van der Waals surface area contributed by atoms with Gasteiger partial charge in [-0.1, -0.05) is 0 Å². The molecule has 0 aromatic carbocycles. The SMILES string of the molecule is CN1C2CCC1CC(CNCc1cccn1C)C2. The maximum absolute atomic E-state index is 3.64. The lowest BCUT2D eigenvalue weighted by Crippen LogP contribution is -2.42. The summed E-state index contributed by atoms with van der Waals surface area (Å²) in [5.74, 6) is 0.888. The van der Waals surface area contributed by atoms with Crippen LogP contribution in [0.5, 0.6) is 0 Å². The highest BCUT2D eigenvalue weighted by atomic mass is 15.2. The van der Waals surface area contributed by atoms with E-state index in [4.69, 9.17) is 0 Å². The van der Waals surface area contributed by atoms with Gasteiger partial charge in [-0.25, -0.2) is 0 Å². The Labute approximate surface area is 110 Å². The number of aryl methyl sites for hydroxylation is 1. The van der Waals surface area contributed by atoms with Crippen LogP contribution in [0.3, 0.4) is 0 Å². The number of fused-ring (bicyclic) bond motifs is 2. The molecule has 2 fully saturated rings. The summed E-state index contributed by atoms with van der Waals surface area (Å²) in [6.07, 6.45) is 7.76. The van der Waals surface area contributed by atoms with Crippen LogP contribution in [0.1, 0.15) is 31.4 Å². The molecule has 2 aliphatic rings. The van der Waals surface area contributed by atoms with E-state index in [2.05, 4.69) is 47.2 Å². The fraction of sp³-hybridized carbons (Fsp3) is 0.733. The van der Waals surface area contributed by atoms with E-state index in [9.17, 15) is 0 Å². The molecule has 1 aromatic heterocycles. The van der Waals surface area contributed by atoms with Crippen LogP contribution in [0.4, 0.5) is 0 Å². The molecule has 2 saturated heterocycles. The van der Waals surface area contributed by atoms with E-state index in [0.717, 1.165) is 24.5 Å². The van der Waals surface area contributed by atoms with E-state index in [1.54, 1.807) is 0 Å². The van der Waals surface area contributed by atoms with Crippen LogP contribution in [-0.4, -0.2) is 35.1 Å². The molecule has 2 bridgehead atoms. The number of nitrogens with zero attached hydrogens (tertiary/aromatic N) is 2. The molecule has 0 saturated carbocycles. The van der Waals surface area contributed by atoms with Crippen molar-refractivity contribution in [2.45, 2.75) is 44.3 Å². The highest BCUT2D eigenvalue weighted by molar-refractivity contribution is 5.06. The van der Waals surface area contributed by atoms with Crippen LogP contribution in [0.15, 0.2) is 18.3 Å². The van der Waals surface area contributed by atoms with Crippen molar-refractivity contribution in [1.29, 1.82) is 0 Å². The Bertz CT molecular complexity index is 384. The minimum atomic E-state index is 0.866. The van der Waals surface area contributed by atoms with Crippen molar-refractivity contribution < 1.29 is 0 Å². The van der Waals surface area contributed by atoms with Crippen LogP contribution in [-0.2, 0) is 13.6 Å². The second-order valence-corrected chi connectivity index (χ2v) is 6.13. The average molecular weight is 247 g/mol. The normalized spacial score (nSPS) is 32.0. The second-order valence-electron chi connectivity index (χ2n) is 6.13. The largest absolute Gasteiger partial charge is 0.353 e. The number of hydrogen-bond donors (Lipinski definition) is 1. The topological polar surface area (TPSA) is 20.2 Å². The molecule has 2 aliphatic heterocycles. The summed E-state index contributed by atoms with van der Waals surface area (Å²) in [4.78, 5) is 2.62. The maximum atomic E-state index is 3.64. The lowest BCUT2D eigenvalue weighted by Gasteiger charge is -2.36. The Morgan fingerprint density at radius 3 is 2.56 bits per heavy atom. The number of piperidine rings is 1. The van der Waals surface area contributed by atoms with Gasteiger partial charge in [-0.2, -0.15) is 0 Å². The van der Waals surface area contributed by atoms with E-state index in [1.807, 2.05) is 0 Å². The zero-order chi connectivity index (χ0) is 12.5. The zero-order valence-corrected chi connectivity index (χ0v) is 11.6. The van der Waals surface area contributed by atoms with Crippen molar-refractivity contribution in [3.05, 3.63) is 24.0 Å². The smallest absolute Gasteiger partial charge is 0.0359 e. The molecule has 2 atom stereocenters. The lowest BCUT2D eigenvalue weighted by atomic mass is 9.91. The predicted octanol–water partition coefficient (Wildman–Crippen LogP) is 1.99. The van der Waals surface area contributed by atoms with Gasteiger partial charge in [-0.3, -0.25) is 0 Å². The molecule has 0 aliphatic carbocycles. The highest BCUT2D eigenvalue weighted by Crippen LogP contribution is 2.36. The zero-order valence-electron chi connectivity index (χ0n) is 11.6. The maximum Gasteiger partial charge on any atom is 0.0359 e. The van der Waals surface area contributed by atoms with Gasteiger partial charge in [0.05, 0.1) is 0 Å². The summed E-state index contributed by atoms with van der Waals surface area (Å²) >= 11 is 0. The summed E-state index contributed by atoms with van der Waals surface area (Å²) in [6, 6.07) is 6.05. The highest BCUT2D eigenvalue weighted by Gasteiger charge is 2.37. The first-order valence-corrected chi connectivity index (χ1v) is 7.27. The Kier molecular flexibility index (Phi) is 3.44. The van der Waals surface area contributed by atoms with E-state index < -0.39 is 0 Å². The average Bonchev–Trinajstić information content (AvgIpc) is 2.82. The molecule has 100 valence electrons. The minimum absolute atomic E-state index is 0.866. The van der Waals surface area contributed by atoms with Crippen molar-refractivity contribution in [2.75, 3.05) is 13.6 Å². The Hall–Kier alpha value is -0.800. The molecule has 1 N–H and O–H groups in total. The van der Waals surface area contributed by atoms with Gasteiger partial charge in [-0.15, -0.1) is 0 Å². The predicted molar refractivity (Wildman–Crippen MR) is 74.4 cm³/mol. The van der Waals surface area contributed by atoms with Crippen molar-refractivity contribution >= 4 is 0 Å². The first kappa shape index (κ1) is 12.2. The van der Waals surface area contributed by atoms with Gasteiger partial charge in [0.2, 0.25) is 0 Å². The van der Waals surface area contributed by atoms with Gasteiger partial charge in [0, 0.05) is 37.6 Å². The molecule has 0 spiro atoms. The summed E-state index contributed by atoms with van der Waals surface area (Å²) < 4.78 is 2.20. The van der Waals surface area contributed by atoms with E-state index in [1.165, 1.54) is 37.9 Å². The van der Waals surface area contributed by atoms with E-state index in [0.29, 0.717) is 0 Å². The lowest BCUT2D eigenvalue weighted by molar-refractivity contribution is 0.132. The van der Waals surface area contributed by atoms with E-state index in [-0.39, 0.29) is 0 Å². The first-order chi connectivity index (χ1) is 8.74. The van der Waals surface area contributed by atoms with E-state index >= 15 is 0 Å². The van der Waals surface area contributed by atoms with Gasteiger partial charge < -0.3 is 14.8 Å². The Balaban J connectivity index is 1.46. The molecule has 2 unspecified atom stereocenters. The third-order valence-corrected chi connectivity index (χ3v) is 4.99. The first-order valence-electron chi connectivity index (χ1n) is 7.27. The van der Waals surface area contributed by atoms with Crippen molar-refractivity contribution in [1.82, 2.24) is 14.8 Å². The number of nitrogens with one attached hydrogen (secondary N) is 1. The van der Waals surface area contributed by atoms with Crippen LogP contribution in [0, 0.1) is 5.92 Å². The van der Waals surface area contributed by atoms with Gasteiger partial charge in [0.15, 0.2) is 0 Å². The Morgan fingerprint density at radius 2 is 1.94 bits per heavy atom. The molecule has 3 heteroatoms. The molecule has 0 amide bonds. The molecule has 0 radical (unpaired) electrons. The molecule has 1 aromatic rings. The molecule has 3 heterocycles. The van der Waals surface area contributed by atoms with Crippen LogP contribution < -0.4 is 5.32 Å². The third kappa shape index (κ3) is 2.34. The van der Waals surface area contributed by atoms with Gasteiger partial charge in [0.1, 0.15) is 0 Å². The molecular formula is C15H25N3. The molecule has 18 heavy (non-hydrogen) atoms. The fourth-order valence-electron chi connectivity index (χ4n) is 3.78. The monoisotopic (exact) mass is 247 g/mol. The number of aromatic nitrogens is 1. The summed E-state index contributed by atoms with van der Waals surface area (Å²) in [5, 5.41) is 3.64. The summed E-state index contributed by atoms with van der Waals surface area (Å²) in [5.41, 5.74) is 1.38. The third-order valence-electron chi connectivity index (χ3n) is 4.99. The molecule has 3 rings (SSSR count). The molecule has 3 nitrogen and oxygen atoms in total. The quantitative estimate of drug-likeness (QED) is 0.878. The fourth-order valence-corrected chi connectivity index (χ4v) is 3.78. The van der Waals surface area contributed by atoms with Gasteiger partial charge in [0.25, 0.3) is 0 Å². The summed E-state index contributed by atoms with van der Waals surface area (Å²) in [7, 11) is 4.43. The van der Waals surface area contributed by atoms with Crippen molar-refractivity contribution in [3.63, 3.8) is 0 Å². The van der Waals surface area contributed by atoms with Gasteiger partial charge >= 0.3 is 0 Å². The number of hydrogen-bond acceptors (Lipinski definition) is 2. The van der Waals surface area contributed by atoms with Gasteiger partial charge in [-0.05, 0) is 57.3 Å². The minimum Gasteiger partial charge on any atom is -0.353 e. The van der Waals surface area contributed by atoms with Crippen LogP contribution in [0.2, 0.25) is 0 Å². The number of rotatable bonds is 4. The molecular weight excluding hydrogens is 222 g/mol. The second kappa shape index (κ2) is 5.06.